The highest BCUT2D eigenvalue weighted by molar-refractivity contribution is 6.31. The Kier molecular flexibility index (Phi) is 4.01. The van der Waals surface area contributed by atoms with Crippen LogP contribution >= 0.6 is 11.6 Å². The van der Waals surface area contributed by atoms with E-state index in [0.717, 1.165) is 6.20 Å². The van der Waals surface area contributed by atoms with Crippen LogP contribution in [-0.2, 0) is 6.54 Å². The van der Waals surface area contributed by atoms with E-state index in [-0.39, 0.29) is 18.3 Å². The number of aromatic nitrogens is 2. The smallest absolute Gasteiger partial charge is 0.222 e. The van der Waals surface area contributed by atoms with Crippen LogP contribution in [0.1, 0.15) is 5.56 Å². The first-order chi connectivity index (χ1) is 9.11. The molecule has 0 amide bonds. The number of anilines is 2. The van der Waals surface area contributed by atoms with Gasteiger partial charge in [-0.25, -0.2) is 9.37 Å². The van der Waals surface area contributed by atoms with E-state index in [1.54, 1.807) is 25.3 Å². The molecule has 1 heterocycles. The van der Waals surface area contributed by atoms with Crippen molar-refractivity contribution in [2.75, 3.05) is 18.2 Å². The number of hydrogen-bond donors (Lipinski definition) is 2. The van der Waals surface area contributed by atoms with E-state index in [9.17, 15) is 4.39 Å². The highest BCUT2D eigenvalue weighted by Crippen LogP contribution is 2.27. The third-order valence-electron chi connectivity index (χ3n) is 2.49. The summed E-state index contributed by atoms with van der Waals surface area (Å²) in [5, 5.41) is 3.34. The molecule has 0 unspecified atom stereocenters. The standard InChI is InChI=1S/C12H12ClFN4O/c1-19-10-4-2-3-8(13)7(10)5-16-11-9(14)6-17-12(15)18-11/h2-4,6H,5H2,1H3,(H3,15,16,17,18). The average Bonchev–Trinajstić information content (AvgIpc) is 2.40. The summed E-state index contributed by atoms with van der Waals surface area (Å²) in [5.41, 5.74) is 6.11. The number of ether oxygens (including phenoxy) is 1. The lowest BCUT2D eigenvalue weighted by Gasteiger charge is -2.12. The van der Waals surface area contributed by atoms with Gasteiger partial charge >= 0.3 is 0 Å². The average molecular weight is 283 g/mol. The topological polar surface area (TPSA) is 73.1 Å². The number of halogens is 2. The highest BCUT2D eigenvalue weighted by atomic mass is 35.5. The molecule has 1 aromatic heterocycles. The molecular formula is C12H12ClFN4O. The Morgan fingerprint density at radius 2 is 2.26 bits per heavy atom. The number of nitrogens with two attached hydrogens (primary N) is 1. The van der Waals surface area contributed by atoms with Crippen molar-refractivity contribution in [1.82, 2.24) is 9.97 Å². The van der Waals surface area contributed by atoms with Crippen LogP contribution in [0.25, 0.3) is 0 Å². The maximum absolute atomic E-state index is 13.4. The second-order valence-electron chi connectivity index (χ2n) is 3.70. The summed E-state index contributed by atoms with van der Waals surface area (Å²) in [7, 11) is 1.54. The van der Waals surface area contributed by atoms with Crippen LogP contribution in [0.4, 0.5) is 16.2 Å². The maximum atomic E-state index is 13.4. The molecule has 0 saturated heterocycles. The number of nitrogens with zero attached hydrogens (tertiary/aromatic N) is 2. The fraction of sp³-hybridized carbons (Fsp3) is 0.167. The summed E-state index contributed by atoms with van der Waals surface area (Å²) in [5.74, 6) is 0.0483. The van der Waals surface area contributed by atoms with Gasteiger partial charge in [-0.3, -0.25) is 0 Å². The summed E-state index contributed by atoms with van der Waals surface area (Å²) >= 11 is 6.07. The predicted molar refractivity (Wildman–Crippen MR) is 71.7 cm³/mol. The predicted octanol–water partition coefficient (Wildman–Crippen LogP) is 2.47. The van der Waals surface area contributed by atoms with Gasteiger partial charge < -0.3 is 15.8 Å². The minimum absolute atomic E-state index is 0.00461. The van der Waals surface area contributed by atoms with Crippen molar-refractivity contribution in [1.29, 1.82) is 0 Å². The molecule has 1 aromatic carbocycles. The summed E-state index contributed by atoms with van der Waals surface area (Å²) in [6, 6.07) is 5.27. The molecule has 2 aromatic rings. The van der Waals surface area contributed by atoms with Crippen molar-refractivity contribution < 1.29 is 9.13 Å². The lowest BCUT2D eigenvalue weighted by molar-refractivity contribution is 0.410. The second-order valence-corrected chi connectivity index (χ2v) is 4.11. The number of benzene rings is 1. The van der Waals surface area contributed by atoms with E-state index in [1.807, 2.05) is 0 Å². The van der Waals surface area contributed by atoms with E-state index in [4.69, 9.17) is 22.1 Å². The monoisotopic (exact) mass is 282 g/mol. The molecule has 0 fully saturated rings. The maximum Gasteiger partial charge on any atom is 0.222 e. The third-order valence-corrected chi connectivity index (χ3v) is 2.85. The first-order valence-electron chi connectivity index (χ1n) is 5.45. The quantitative estimate of drug-likeness (QED) is 0.901. The molecule has 7 heteroatoms. The third kappa shape index (κ3) is 3.03. The summed E-state index contributed by atoms with van der Waals surface area (Å²) in [4.78, 5) is 7.32. The molecule has 19 heavy (non-hydrogen) atoms. The van der Waals surface area contributed by atoms with Crippen LogP contribution in [0.15, 0.2) is 24.4 Å². The van der Waals surface area contributed by atoms with Crippen LogP contribution in [0.2, 0.25) is 5.02 Å². The lowest BCUT2D eigenvalue weighted by Crippen LogP contribution is -2.08. The number of rotatable bonds is 4. The number of methoxy groups -OCH3 is 1. The van der Waals surface area contributed by atoms with Crippen molar-refractivity contribution in [2.45, 2.75) is 6.54 Å². The van der Waals surface area contributed by atoms with Gasteiger partial charge in [0.15, 0.2) is 11.6 Å². The molecule has 0 aliphatic rings. The Labute approximate surface area is 114 Å². The van der Waals surface area contributed by atoms with Crippen molar-refractivity contribution in [3.05, 3.63) is 40.8 Å². The Morgan fingerprint density at radius 1 is 1.47 bits per heavy atom. The summed E-state index contributed by atoms with van der Waals surface area (Å²) in [6.07, 6.45) is 1.01. The molecule has 0 saturated carbocycles. The molecular weight excluding hydrogens is 271 g/mol. The number of nitrogen functional groups attached to an aromatic ring is 1. The molecule has 0 atom stereocenters. The van der Waals surface area contributed by atoms with Gasteiger partial charge in [-0.2, -0.15) is 4.98 Å². The van der Waals surface area contributed by atoms with Gasteiger partial charge in [0.25, 0.3) is 0 Å². The van der Waals surface area contributed by atoms with Crippen LogP contribution in [-0.4, -0.2) is 17.1 Å². The fourth-order valence-electron chi connectivity index (χ4n) is 1.58. The zero-order chi connectivity index (χ0) is 13.8. The van der Waals surface area contributed by atoms with E-state index >= 15 is 0 Å². The lowest BCUT2D eigenvalue weighted by atomic mass is 10.2. The van der Waals surface area contributed by atoms with Crippen molar-refractivity contribution in [3.63, 3.8) is 0 Å². The van der Waals surface area contributed by atoms with Crippen LogP contribution < -0.4 is 15.8 Å². The normalized spacial score (nSPS) is 10.3. The number of hydrogen-bond acceptors (Lipinski definition) is 5. The van der Waals surface area contributed by atoms with Crippen LogP contribution in [0, 0.1) is 5.82 Å². The first kappa shape index (κ1) is 13.4. The van der Waals surface area contributed by atoms with E-state index < -0.39 is 5.82 Å². The molecule has 5 nitrogen and oxygen atoms in total. The van der Waals surface area contributed by atoms with Gasteiger partial charge in [0.05, 0.1) is 13.3 Å². The SMILES string of the molecule is COc1cccc(Cl)c1CNc1nc(N)ncc1F. The Hall–Kier alpha value is -2.08. The Bertz CT molecular complexity index is 594. The highest BCUT2D eigenvalue weighted by Gasteiger charge is 2.10. The van der Waals surface area contributed by atoms with Crippen molar-refractivity contribution >= 4 is 23.4 Å². The van der Waals surface area contributed by atoms with Gasteiger partial charge in [0, 0.05) is 17.1 Å². The molecule has 0 spiro atoms. The van der Waals surface area contributed by atoms with Crippen molar-refractivity contribution in [3.8, 4) is 5.75 Å². The largest absolute Gasteiger partial charge is 0.496 e. The minimum Gasteiger partial charge on any atom is -0.496 e. The number of nitrogens with one attached hydrogen (secondary N) is 1. The Morgan fingerprint density at radius 3 is 3.00 bits per heavy atom. The minimum atomic E-state index is -0.583. The van der Waals surface area contributed by atoms with E-state index in [0.29, 0.717) is 16.3 Å². The van der Waals surface area contributed by atoms with E-state index in [2.05, 4.69) is 15.3 Å². The zero-order valence-electron chi connectivity index (χ0n) is 10.2. The molecule has 0 bridgehead atoms. The molecule has 0 radical (unpaired) electrons. The molecule has 3 N–H and O–H groups in total. The van der Waals surface area contributed by atoms with Gasteiger partial charge in [0.1, 0.15) is 5.75 Å². The van der Waals surface area contributed by atoms with Crippen LogP contribution in [0.5, 0.6) is 5.75 Å². The molecule has 0 aliphatic carbocycles. The van der Waals surface area contributed by atoms with Gasteiger partial charge in [-0.15, -0.1) is 0 Å². The Balaban J connectivity index is 2.21. The zero-order valence-corrected chi connectivity index (χ0v) is 10.9. The summed E-state index contributed by atoms with van der Waals surface area (Å²) < 4.78 is 18.6. The molecule has 2 rings (SSSR count). The van der Waals surface area contributed by atoms with Crippen LogP contribution in [0.3, 0.4) is 0 Å². The van der Waals surface area contributed by atoms with Gasteiger partial charge in [0.2, 0.25) is 5.95 Å². The molecule has 0 aliphatic heterocycles. The summed E-state index contributed by atoms with van der Waals surface area (Å²) in [6.45, 7) is 0.260. The fourth-order valence-corrected chi connectivity index (χ4v) is 1.81. The first-order valence-corrected chi connectivity index (χ1v) is 5.83. The molecule has 100 valence electrons. The van der Waals surface area contributed by atoms with Gasteiger partial charge in [-0.1, -0.05) is 17.7 Å². The van der Waals surface area contributed by atoms with Gasteiger partial charge in [-0.05, 0) is 12.1 Å². The van der Waals surface area contributed by atoms with Crippen molar-refractivity contribution in [2.24, 2.45) is 0 Å². The van der Waals surface area contributed by atoms with E-state index in [1.165, 1.54) is 0 Å². The second kappa shape index (κ2) is 5.71.